The molecule has 1 saturated heterocycles. The van der Waals surface area contributed by atoms with E-state index in [-0.39, 0.29) is 25.3 Å². The topological polar surface area (TPSA) is 111 Å². The number of esters is 1. The number of ether oxygens (including phenoxy) is 3. The second kappa shape index (κ2) is 11.9. The summed E-state index contributed by atoms with van der Waals surface area (Å²) in [6.07, 6.45) is 2.63. The number of hydrogen-bond acceptors (Lipinski definition) is 7. The fourth-order valence-electron chi connectivity index (χ4n) is 4.66. The van der Waals surface area contributed by atoms with Crippen molar-refractivity contribution in [3.8, 4) is 11.5 Å². The molecular formula is C27H33N3O6. The number of nitrogens with two attached hydrogens (primary N) is 1. The van der Waals surface area contributed by atoms with Gasteiger partial charge >= 0.3 is 5.97 Å². The zero-order valence-corrected chi connectivity index (χ0v) is 20.6. The Balaban J connectivity index is 1.34. The molecule has 1 unspecified atom stereocenters. The third kappa shape index (κ3) is 6.15. The summed E-state index contributed by atoms with van der Waals surface area (Å²) < 4.78 is 16.6. The largest absolute Gasteiger partial charge is 0.492 e. The second-order valence-electron chi connectivity index (χ2n) is 9.08. The predicted molar refractivity (Wildman–Crippen MR) is 132 cm³/mol. The molecule has 2 aromatic carbocycles. The third-order valence-electron chi connectivity index (χ3n) is 6.70. The van der Waals surface area contributed by atoms with Crippen LogP contribution in [0.3, 0.4) is 0 Å². The van der Waals surface area contributed by atoms with Crippen LogP contribution in [0.5, 0.6) is 11.5 Å². The van der Waals surface area contributed by atoms with E-state index in [9.17, 15) is 14.4 Å². The van der Waals surface area contributed by atoms with Crippen LogP contribution in [0.4, 0.5) is 0 Å². The van der Waals surface area contributed by atoms with Gasteiger partial charge in [0.2, 0.25) is 5.91 Å². The van der Waals surface area contributed by atoms with E-state index in [1.807, 2.05) is 24.3 Å². The van der Waals surface area contributed by atoms with E-state index in [1.165, 1.54) is 24.9 Å². The van der Waals surface area contributed by atoms with Crippen LogP contribution < -0.4 is 15.2 Å². The number of rotatable bonds is 12. The number of nitrogens with zero attached hydrogens (tertiary/aromatic N) is 2. The molecule has 1 atom stereocenters. The summed E-state index contributed by atoms with van der Waals surface area (Å²) in [4.78, 5) is 40.5. The molecule has 0 aromatic heterocycles. The molecular weight excluding hydrogens is 462 g/mol. The number of carbonyl (C=O) groups excluding carboxylic acids is 3. The molecule has 4 rings (SSSR count). The lowest BCUT2D eigenvalue weighted by Gasteiger charge is -2.24. The van der Waals surface area contributed by atoms with Crippen molar-refractivity contribution in [3.63, 3.8) is 0 Å². The fraction of sp³-hybridized carbons (Fsp3) is 0.444. The van der Waals surface area contributed by atoms with Gasteiger partial charge in [0.05, 0.1) is 13.7 Å². The molecule has 2 aromatic rings. The highest BCUT2D eigenvalue weighted by molar-refractivity contribution is 6.01. The van der Waals surface area contributed by atoms with Crippen LogP contribution in [-0.4, -0.2) is 67.0 Å². The van der Waals surface area contributed by atoms with Crippen molar-refractivity contribution in [2.45, 2.75) is 44.9 Å². The van der Waals surface area contributed by atoms with E-state index < -0.39 is 17.9 Å². The Labute approximate surface area is 211 Å². The molecule has 9 heteroatoms. The standard InChI is InChI=1S/C27H33N3O6/c1-34-25(31)12-11-23(26(28)32)30-17-22-21(27(30)33)5-4-6-24(22)36-18-19-7-9-20(10-8-19)35-16-15-29-13-2-3-14-29/h4-10,23H,2-3,11-18H2,1H3,(H2,28,32). The SMILES string of the molecule is COC(=O)CCC(C(N)=O)N1Cc2c(OCc3ccc(OCCN4CCCC4)cc3)cccc2C1=O. The minimum atomic E-state index is -0.908. The van der Waals surface area contributed by atoms with Crippen molar-refractivity contribution in [3.05, 3.63) is 59.2 Å². The smallest absolute Gasteiger partial charge is 0.305 e. The Morgan fingerprint density at radius 2 is 1.81 bits per heavy atom. The Kier molecular flexibility index (Phi) is 8.43. The summed E-state index contributed by atoms with van der Waals surface area (Å²) >= 11 is 0. The first-order chi connectivity index (χ1) is 17.5. The Bertz CT molecular complexity index is 1080. The molecule has 2 heterocycles. The van der Waals surface area contributed by atoms with Gasteiger partial charge in [0.1, 0.15) is 30.8 Å². The molecule has 36 heavy (non-hydrogen) atoms. The summed E-state index contributed by atoms with van der Waals surface area (Å²) in [5.41, 5.74) is 7.70. The highest BCUT2D eigenvalue weighted by Gasteiger charge is 2.37. The van der Waals surface area contributed by atoms with Gasteiger partial charge in [0.25, 0.3) is 5.91 Å². The minimum absolute atomic E-state index is 0.00838. The maximum Gasteiger partial charge on any atom is 0.305 e. The van der Waals surface area contributed by atoms with Gasteiger partial charge in [-0.2, -0.15) is 0 Å². The normalized spacial score (nSPS) is 16.0. The lowest BCUT2D eigenvalue weighted by Crippen LogP contribution is -2.45. The Morgan fingerprint density at radius 3 is 2.50 bits per heavy atom. The number of likely N-dealkylation sites (tertiary alicyclic amines) is 1. The number of hydrogen-bond donors (Lipinski definition) is 1. The van der Waals surface area contributed by atoms with E-state index in [2.05, 4.69) is 9.64 Å². The average Bonchev–Trinajstić information content (AvgIpc) is 3.52. The molecule has 2 N–H and O–H groups in total. The van der Waals surface area contributed by atoms with Crippen LogP contribution in [0.2, 0.25) is 0 Å². The number of methoxy groups -OCH3 is 1. The van der Waals surface area contributed by atoms with Gasteiger partial charge in [-0.3, -0.25) is 19.3 Å². The summed E-state index contributed by atoms with van der Waals surface area (Å²) in [5, 5.41) is 0. The zero-order valence-electron chi connectivity index (χ0n) is 20.6. The Hall–Kier alpha value is -3.59. The molecule has 2 aliphatic rings. The summed E-state index contributed by atoms with van der Waals surface area (Å²) in [6, 6.07) is 12.1. The van der Waals surface area contributed by atoms with Crippen LogP contribution in [0.25, 0.3) is 0 Å². The van der Waals surface area contributed by atoms with Crippen molar-refractivity contribution >= 4 is 17.8 Å². The number of benzene rings is 2. The molecule has 0 aliphatic carbocycles. The van der Waals surface area contributed by atoms with E-state index in [0.717, 1.165) is 30.9 Å². The average molecular weight is 496 g/mol. The minimum Gasteiger partial charge on any atom is -0.492 e. The number of fused-ring (bicyclic) bond motifs is 1. The number of primary amides is 1. The quantitative estimate of drug-likeness (QED) is 0.450. The van der Waals surface area contributed by atoms with Crippen LogP contribution in [-0.2, 0) is 27.5 Å². The van der Waals surface area contributed by atoms with Crippen LogP contribution in [0.15, 0.2) is 42.5 Å². The summed E-state index contributed by atoms with van der Waals surface area (Å²) in [7, 11) is 1.28. The molecule has 0 saturated carbocycles. The van der Waals surface area contributed by atoms with Crippen molar-refractivity contribution in [1.82, 2.24) is 9.80 Å². The lowest BCUT2D eigenvalue weighted by molar-refractivity contribution is -0.141. The first-order valence-corrected chi connectivity index (χ1v) is 12.3. The van der Waals surface area contributed by atoms with Gasteiger partial charge in [-0.05, 0) is 62.2 Å². The van der Waals surface area contributed by atoms with Crippen molar-refractivity contribution in [2.24, 2.45) is 5.73 Å². The van der Waals surface area contributed by atoms with Crippen molar-refractivity contribution in [2.75, 3.05) is 33.4 Å². The highest BCUT2D eigenvalue weighted by atomic mass is 16.5. The number of amides is 2. The van der Waals surface area contributed by atoms with E-state index in [1.54, 1.807) is 18.2 Å². The third-order valence-corrected chi connectivity index (χ3v) is 6.70. The van der Waals surface area contributed by atoms with Gasteiger partial charge in [-0.25, -0.2) is 0 Å². The first kappa shape index (κ1) is 25.5. The van der Waals surface area contributed by atoms with E-state index in [4.69, 9.17) is 15.2 Å². The van der Waals surface area contributed by atoms with Gasteiger partial charge in [-0.1, -0.05) is 18.2 Å². The Morgan fingerprint density at radius 1 is 1.06 bits per heavy atom. The van der Waals surface area contributed by atoms with Gasteiger partial charge < -0.3 is 24.8 Å². The monoisotopic (exact) mass is 495 g/mol. The lowest BCUT2D eigenvalue weighted by atomic mass is 10.1. The van der Waals surface area contributed by atoms with Gasteiger partial charge in [0.15, 0.2) is 0 Å². The number of carbonyl (C=O) groups is 3. The van der Waals surface area contributed by atoms with Crippen LogP contribution >= 0.6 is 0 Å². The van der Waals surface area contributed by atoms with E-state index in [0.29, 0.717) is 30.1 Å². The van der Waals surface area contributed by atoms with Crippen LogP contribution in [0, 0.1) is 0 Å². The summed E-state index contributed by atoms with van der Waals surface area (Å²) in [5.74, 6) is -0.0306. The molecule has 0 spiro atoms. The van der Waals surface area contributed by atoms with E-state index >= 15 is 0 Å². The van der Waals surface area contributed by atoms with Gasteiger partial charge in [0, 0.05) is 24.1 Å². The van der Waals surface area contributed by atoms with Gasteiger partial charge in [-0.15, -0.1) is 0 Å². The molecule has 0 bridgehead atoms. The van der Waals surface area contributed by atoms with Crippen molar-refractivity contribution in [1.29, 1.82) is 0 Å². The first-order valence-electron chi connectivity index (χ1n) is 12.3. The predicted octanol–water partition coefficient (Wildman–Crippen LogP) is 2.50. The molecule has 9 nitrogen and oxygen atoms in total. The van der Waals surface area contributed by atoms with Crippen LogP contribution in [0.1, 0.15) is 47.2 Å². The molecule has 192 valence electrons. The zero-order chi connectivity index (χ0) is 25.5. The molecule has 2 amide bonds. The maximum atomic E-state index is 13.0. The second-order valence-corrected chi connectivity index (χ2v) is 9.08. The fourth-order valence-corrected chi connectivity index (χ4v) is 4.66. The summed E-state index contributed by atoms with van der Waals surface area (Å²) in [6.45, 7) is 4.43. The molecule has 1 fully saturated rings. The maximum absolute atomic E-state index is 13.0. The van der Waals surface area contributed by atoms with Crippen molar-refractivity contribution < 1.29 is 28.6 Å². The highest BCUT2D eigenvalue weighted by Crippen LogP contribution is 2.33. The molecule has 0 radical (unpaired) electrons. The molecule has 2 aliphatic heterocycles.